The van der Waals surface area contributed by atoms with Crippen LogP contribution in [0.2, 0.25) is 0 Å². The van der Waals surface area contributed by atoms with E-state index in [4.69, 9.17) is 20.3 Å². The van der Waals surface area contributed by atoms with E-state index < -0.39 is 0 Å². The Bertz CT molecular complexity index is 1650. The van der Waals surface area contributed by atoms with Crippen molar-refractivity contribution in [2.45, 2.75) is 45.8 Å². The van der Waals surface area contributed by atoms with Crippen LogP contribution < -0.4 is 10.5 Å². The van der Waals surface area contributed by atoms with E-state index in [0.29, 0.717) is 30.7 Å². The van der Waals surface area contributed by atoms with E-state index in [-0.39, 0.29) is 12.4 Å². The van der Waals surface area contributed by atoms with E-state index in [1.807, 2.05) is 37.3 Å². The summed E-state index contributed by atoms with van der Waals surface area (Å²) in [5.41, 5.74) is 11.1. The zero-order valence-electron chi connectivity index (χ0n) is 22.1. The third kappa shape index (κ3) is 5.17. The van der Waals surface area contributed by atoms with Crippen LogP contribution in [0.3, 0.4) is 0 Å². The van der Waals surface area contributed by atoms with Crippen LogP contribution in [-0.2, 0) is 29.1 Å². The third-order valence-electron chi connectivity index (χ3n) is 7.59. The lowest BCUT2D eigenvalue weighted by Crippen LogP contribution is -2.18. The SMILES string of the molecule is CCOC(=O)Cc1ccccc1OCc1nn(CC2CCC2)c2ccc(-c3ccc4ccnc(N)c4c3)cc12. The fourth-order valence-electron chi connectivity index (χ4n) is 5.27. The molecule has 0 aliphatic heterocycles. The van der Waals surface area contributed by atoms with Gasteiger partial charge >= 0.3 is 5.97 Å². The number of esters is 1. The lowest BCUT2D eigenvalue weighted by molar-refractivity contribution is -0.142. The maximum atomic E-state index is 12.1. The first kappa shape index (κ1) is 24.9. The molecule has 2 heterocycles. The molecule has 3 aromatic carbocycles. The van der Waals surface area contributed by atoms with Crippen molar-refractivity contribution in [1.82, 2.24) is 14.8 Å². The van der Waals surface area contributed by atoms with Crippen LogP contribution in [0.25, 0.3) is 32.8 Å². The van der Waals surface area contributed by atoms with E-state index in [0.717, 1.165) is 50.6 Å². The molecule has 6 rings (SSSR count). The number of hydrogen-bond donors (Lipinski definition) is 1. The van der Waals surface area contributed by atoms with E-state index >= 15 is 0 Å². The standard InChI is InChI=1S/C32H32N4O3/c1-2-38-31(37)18-25-8-3-4-9-30(25)39-20-28-27-17-24(12-13-29(27)36(35-28)19-21-6-5-7-21)23-11-10-22-14-15-34-32(33)26(22)16-23/h3-4,8-17,21H,2,5-7,18-20H2,1H3,(H2,33,34). The number of anilines is 1. The van der Waals surface area contributed by atoms with Gasteiger partial charge in [0.2, 0.25) is 0 Å². The van der Waals surface area contributed by atoms with Crippen LogP contribution in [0.15, 0.2) is 72.9 Å². The van der Waals surface area contributed by atoms with Crippen molar-refractivity contribution in [3.8, 4) is 16.9 Å². The second kappa shape index (κ2) is 10.8. The minimum absolute atomic E-state index is 0.172. The number of nitrogens with zero attached hydrogens (tertiary/aromatic N) is 3. The predicted molar refractivity (Wildman–Crippen MR) is 153 cm³/mol. The molecule has 39 heavy (non-hydrogen) atoms. The Kier molecular flexibility index (Phi) is 6.88. The summed E-state index contributed by atoms with van der Waals surface area (Å²) in [5, 5.41) is 8.09. The number of nitrogen functional groups attached to an aromatic ring is 1. The van der Waals surface area contributed by atoms with Crippen molar-refractivity contribution in [2.24, 2.45) is 5.92 Å². The van der Waals surface area contributed by atoms with Gasteiger partial charge in [-0.1, -0.05) is 42.8 Å². The Hall–Kier alpha value is -4.39. The molecule has 2 N–H and O–H groups in total. The number of aromatic nitrogens is 3. The summed E-state index contributed by atoms with van der Waals surface area (Å²) < 4.78 is 13.6. The van der Waals surface area contributed by atoms with E-state index in [2.05, 4.69) is 46.1 Å². The van der Waals surface area contributed by atoms with Crippen molar-refractivity contribution < 1.29 is 14.3 Å². The maximum Gasteiger partial charge on any atom is 0.310 e. The molecule has 1 aliphatic rings. The second-order valence-corrected chi connectivity index (χ2v) is 10.2. The topological polar surface area (TPSA) is 92.3 Å². The third-order valence-corrected chi connectivity index (χ3v) is 7.59. The van der Waals surface area contributed by atoms with Gasteiger partial charge in [0.25, 0.3) is 0 Å². The van der Waals surface area contributed by atoms with Crippen LogP contribution in [0.4, 0.5) is 5.82 Å². The molecule has 198 valence electrons. The summed E-state index contributed by atoms with van der Waals surface area (Å²) in [7, 11) is 0. The lowest BCUT2D eigenvalue weighted by Gasteiger charge is -2.25. The smallest absolute Gasteiger partial charge is 0.310 e. The monoisotopic (exact) mass is 520 g/mol. The highest BCUT2D eigenvalue weighted by atomic mass is 16.5. The average molecular weight is 521 g/mol. The van der Waals surface area contributed by atoms with Crippen LogP contribution in [0.5, 0.6) is 5.75 Å². The number of para-hydroxylation sites is 1. The van der Waals surface area contributed by atoms with Crippen LogP contribution in [0.1, 0.15) is 37.4 Å². The van der Waals surface area contributed by atoms with Gasteiger partial charge in [-0.15, -0.1) is 0 Å². The Morgan fingerprint density at radius 2 is 1.82 bits per heavy atom. The van der Waals surface area contributed by atoms with E-state index in [1.165, 1.54) is 19.3 Å². The summed E-state index contributed by atoms with van der Waals surface area (Å²) in [4.78, 5) is 16.4. The summed E-state index contributed by atoms with van der Waals surface area (Å²) in [6.45, 7) is 3.37. The van der Waals surface area contributed by atoms with Gasteiger partial charge < -0.3 is 15.2 Å². The number of carbonyl (C=O) groups excluding carboxylic acids is 1. The second-order valence-electron chi connectivity index (χ2n) is 10.2. The summed E-state index contributed by atoms with van der Waals surface area (Å²) in [6.07, 6.45) is 5.70. The van der Waals surface area contributed by atoms with Crippen molar-refractivity contribution in [3.05, 3.63) is 84.2 Å². The van der Waals surface area contributed by atoms with Crippen molar-refractivity contribution in [1.29, 1.82) is 0 Å². The molecule has 0 bridgehead atoms. The van der Waals surface area contributed by atoms with Gasteiger partial charge in [-0.3, -0.25) is 9.48 Å². The first-order valence-corrected chi connectivity index (χ1v) is 13.6. The van der Waals surface area contributed by atoms with Gasteiger partial charge in [0.1, 0.15) is 23.9 Å². The molecule has 1 saturated carbocycles. The van der Waals surface area contributed by atoms with E-state index in [1.54, 1.807) is 6.20 Å². The summed E-state index contributed by atoms with van der Waals surface area (Å²) in [6, 6.07) is 22.4. The Labute approximate surface area is 227 Å². The molecular weight excluding hydrogens is 488 g/mol. The highest BCUT2D eigenvalue weighted by Crippen LogP contribution is 2.33. The fourth-order valence-corrected chi connectivity index (χ4v) is 5.27. The van der Waals surface area contributed by atoms with Gasteiger partial charge in [0.15, 0.2) is 0 Å². The average Bonchev–Trinajstić information content (AvgIpc) is 3.27. The molecule has 1 fully saturated rings. The Morgan fingerprint density at radius 1 is 1.03 bits per heavy atom. The van der Waals surface area contributed by atoms with Crippen molar-refractivity contribution >= 4 is 33.5 Å². The fraction of sp³-hybridized carbons (Fsp3) is 0.281. The van der Waals surface area contributed by atoms with Crippen LogP contribution >= 0.6 is 0 Å². The van der Waals surface area contributed by atoms with Gasteiger partial charge in [0.05, 0.1) is 18.5 Å². The maximum absolute atomic E-state index is 12.1. The lowest BCUT2D eigenvalue weighted by atomic mass is 9.85. The summed E-state index contributed by atoms with van der Waals surface area (Å²) >= 11 is 0. The van der Waals surface area contributed by atoms with E-state index in [9.17, 15) is 4.79 Å². The first-order valence-electron chi connectivity index (χ1n) is 13.6. The number of rotatable bonds is 9. The summed E-state index contributed by atoms with van der Waals surface area (Å²) in [5.74, 6) is 1.60. The molecule has 7 nitrogen and oxygen atoms in total. The number of ether oxygens (including phenoxy) is 2. The van der Waals surface area contributed by atoms with Crippen molar-refractivity contribution in [2.75, 3.05) is 12.3 Å². The molecule has 2 aromatic heterocycles. The number of pyridine rings is 1. The van der Waals surface area contributed by atoms with Gasteiger partial charge in [-0.05, 0) is 72.5 Å². The number of hydrogen-bond acceptors (Lipinski definition) is 6. The molecule has 0 radical (unpaired) electrons. The molecular formula is C32H32N4O3. The molecule has 0 atom stereocenters. The number of carbonyl (C=O) groups is 1. The molecule has 7 heteroatoms. The minimum Gasteiger partial charge on any atom is -0.487 e. The molecule has 0 spiro atoms. The molecule has 0 saturated heterocycles. The van der Waals surface area contributed by atoms with Gasteiger partial charge in [0, 0.05) is 29.1 Å². The molecule has 1 aliphatic carbocycles. The van der Waals surface area contributed by atoms with Gasteiger partial charge in [-0.2, -0.15) is 5.10 Å². The normalized spacial score (nSPS) is 13.5. The Balaban J connectivity index is 1.34. The highest BCUT2D eigenvalue weighted by molar-refractivity contribution is 5.95. The first-order chi connectivity index (χ1) is 19.1. The molecule has 0 unspecified atom stereocenters. The predicted octanol–water partition coefficient (Wildman–Crippen LogP) is 6.32. The zero-order chi connectivity index (χ0) is 26.8. The van der Waals surface area contributed by atoms with Crippen LogP contribution in [-0.4, -0.2) is 27.3 Å². The van der Waals surface area contributed by atoms with Gasteiger partial charge in [-0.25, -0.2) is 4.98 Å². The number of benzene rings is 3. The molecule has 5 aromatic rings. The van der Waals surface area contributed by atoms with Crippen molar-refractivity contribution in [3.63, 3.8) is 0 Å². The largest absolute Gasteiger partial charge is 0.487 e. The minimum atomic E-state index is -0.264. The number of nitrogens with two attached hydrogens (primary N) is 1. The van der Waals surface area contributed by atoms with Crippen LogP contribution in [0, 0.1) is 5.92 Å². The zero-order valence-corrected chi connectivity index (χ0v) is 22.1. The quantitative estimate of drug-likeness (QED) is 0.229. The highest BCUT2D eigenvalue weighted by Gasteiger charge is 2.21. The number of fused-ring (bicyclic) bond motifs is 2. The molecule has 0 amide bonds. The Morgan fingerprint density at radius 3 is 2.62 bits per heavy atom.